The lowest BCUT2D eigenvalue weighted by molar-refractivity contribution is -0.116. The molecular formula is C17H16N2O4S. The number of carbonyl (C=O) groups excluding carboxylic acids is 2. The molecule has 0 unspecified atom stereocenters. The molecule has 0 fully saturated rings. The minimum atomic E-state index is -3.97. The minimum absolute atomic E-state index is 0.0595. The zero-order valence-electron chi connectivity index (χ0n) is 13.0. The van der Waals surface area contributed by atoms with E-state index in [1.54, 1.807) is 18.2 Å². The number of aryl methyl sites for hydroxylation is 1. The molecule has 1 heterocycles. The van der Waals surface area contributed by atoms with Gasteiger partial charge in [0.15, 0.2) is 0 Å². The molecule has 24 heavy (non-hydrogen) atoms. The molecule has 0 spiro atoms. The largest absolute Gasteiger partial charge is 0.325 e. The van der Waals surface area contributed by atoms with Gasteiger partial charge in [-0.15, -0.1) is 0 Å². The third-order valence-corrected chi connectivity index (χ3v) is 5.61. The maximum atomic E-state index is 12.4. The number of fused-ring (bicyclic) bond motifs is 1. The van der Waals surface area contributed by atoms with Crippen molar-refractivity contribution in [1.82, 2.24) is 4.31 Å². The van der Waals surface area contributed by atoms with Crippen LogP contribution in [0.2, 0.25) is 0 Å². The summed E-state index contributed by atoms with van der Waals surface area (Å²) in [5, 5.41) is 2.63. The van der Waals surface area contributed by atoms with Crippen LogP contribution in [0.3, 0.4) is 0 Å². The molecule has 1 aliphatic rings. The Bertz CT molecular complexity index is 922. The van der Waals surface area contributed by atoms with Crippen LogP contribution in [0.25, 0.3) is 0 Å². The molecule has 0 saturated heterocycles. The van der Waals surface area contributed by atoms with Crippen molar-refractivity contribution in [3.63, 3.8) is 0 Å². The van der Waals surface area contributed by atoms with E-state index in [1.165, 1.54) is 12.1 Å². The number of amides is 2. The van der Waals surface area contributed by atoms with Crippen molar-refractivity contribution in [1.29, 1.82) is 0 Å². The summed E-state index contributed by atoms with van der Waals surface area (Å²) in [5.41, 5.74) is 1.71. The molecule has 2 aromatic rings. The molecule has 0 aromatic heterocycles. The minimum Gasteiger partial charge on any atom is -0.325 e. The van der Waals surface area contributed by atoms with Crippen LogP contribution < -0.4 is 5.32 Å². The van der Waals surface area contributed by atoms with Crippen molar-refractivity contribution in [3.8, 4) is 0 Å². The highest BCUT2D eigenvalue weighted by atomic mass is 32.2. The standard InChI is InChI=1S/C17H16N2O4S/c1-2-12-6-5-7-13(10-12)18-16(20)11-19-17(21)14-8-3-4-9-15(14)24(19,22)23/h3-10H,2,11H2,1H3,(H,18,20). The Balaban J connectivity index is 1.79. The van der Waals surface area contributed by atoms with Gasteiger partial charge in [-0.2, -0.15) is 0 Å². The van der Waals surface area contributed by atoms with E-state index < -0.39 is 28.4 Å². The molecule has 1 N–H and O–H groups in total. The van der Waals surface area contributed by atoms with Crippen LogP contribution in [0.15, 0.2) is 53.4 Å². The molecular weight excluding hydrogens is 328 g/mol. The fourth-order valence-electron chi connectivity index (χ4n) is 2.59. The van der Waals surface area contributed by atoms with Gasteiger partial charge in [0.1, 0.15) is 11.4 Å². The lowest BCUT2D eigenvalue weighted by atomic mass is 10.1. The Morgan fingerprint density at radius 1 is 1.12 bits per heavy atom. The molecule has 0 atom stereocenters. The molecule has 3 rings (SSSR count). The van der Waals surface area contributed by atoms with E-state index in [0.717, 1.165) is 12.0 Å². The first-order chi connectivity index (χ1) is 11.4. The highest BCUT2D eigenvalue weighted by Crippen LogP contribution is 2.29. The second-order valence-corrected chi connectivity index (χ2v) is 7.25. The van der Waals surface area contributed by atoms with Crippen LogP contribution in [-0.2, 0) is 21.2 Å². The fourth-order valence-corrected chi connectivity index (χ4v) is 4.11. The SMILES string of the molecule is CCc1cccc(NC(=O)CN2C(=O)c3ccccc3S2(=O)=O)c1. The average Bonchev–Trinajstić information content (AvgIpc) is 2.76. The molecule has 6 nitrogen and oxygen atoms in total. The normalized spacial score (nSPS) is 15.2. The first kappa shape index (κ1) is 16.2. The van der Waals surface area contributed by atoms with Crippen molar-refractivity contribution in [2.24, 2.45) is 0 Å². The average molecular weight is 344 g/mol. The summed E-state index contributed by atoms with van der Waals surface area (Å²) in [6.07, 6.45) is 0.817. The summed E-state index contributed by atoms with van der Waals surface area (Å²) in [7, 11) is -3.97. The Morgan fingerprint density at radius 2 is 1.88 bits per heavy atom. The van der Waals surface area contributed by atoms with Crippen LogP contribution >= 0.6 is 0 Å². The van der Waals surface area contributed by atoms with E-state index in [4.69, 9.17) is 0 Å². The van der Waals surface area contributed by atoms with Gasteiger partial charge in [-0.25, -0.2) is 12.7 Å². The summed E-state index contributed by atoms with van der Waals surface area (Å²) in [6, 6.07) is 13.2. The fraction of sp³-hybridized carbons (Fsp3) is 0.176. The summed E-state index contributed by atoms with van der Waals surface area (Å²) in [6.45, 7) is 1.44. The number of benzene rings is 2. The van der Waals surface area contributed by atoms with E-state index in [0.29, 0.717) is 9.99 Å². The predicted molar refractivity (Wildman–Crippen MR) is 89.1 cm³/mol. The van der Waals surface area contributed by atoms with Crippen molar-refractivity contribution >= 4 is 27.5 Å². The first-order valence-electron chi connectivity index (χ1n) is 7.48. The molecule has 2 aromatic carbocycles. The van der Waals surface area contributed by atoms with Crippen LogP contribution in [0.5, 0.6) is 0 Å². The molecule has 7 heteroatoms. The van der Waals surface area contributed by atoms with Crippen LogP contribution in [0.1, 0.15) is 22.8 Å². The number of nitrogens with one attached hydrogen (secondary N) is 1. The summed E-state index contributed by atoms with van der Waals surface area (Å²) >= 11 is 0. The molecule has 0 bridgehead atoms. The van der Waals surface area contributed by atoms with Crippen LogP contribution in [0.4, 0.5) is 5.69 Å². The van der Waals surface area contributed by atoms with E-state index in [2.05, 4.69) is 5.32 Å². The Morgan fingerprint density at radius 3 is 2.58 bits per heavy atom. The number of hydrogen-bond acceptors (Lipinski definition) is 4. The van der Waals surface area contributed by atoms with Crippen molar-refractivity contribution < 1.29 is 18.0 Å². The van der Waals surface area contributed by atoms with Gasteiger partial charge in [0.05, 0.1) is 5.56 Å². The lowest BCUT2D eigenvalue weighted by Gasteiger charge is -2.15. The molecule has 124 valence electrons. The number of rotatable bonds is 4. The van der Waals surface area contributed by atoms with Gasteiger partial charge in [0.2, 0.25) is 5.91 Å². The zero-order valence-corrected chi connectivity index (χ0v) is 13.8. The highest BCUT2D eigenvalue weighted by molar-refractivity contribution is 7.90. The Kier molecular flexibility index (Phi) is 4.11. The van der Waals surface area contributed by atoms with Gasteiger partial charge in [-0.1, -0.05) is 31.2 Å². The third kappa shape index (κ3) is 2.78. The number of carbonyl (C=O) groups is 2. The molecule has 0 saturated carbocycles. The van der Waals surface area contributed by atoms with Crippen molar-refractivity contribution in [2.75, 3.05) is 11.9 Å². The van der Waals surface area contributed by atoms with Gasteiger partial charge >= 0.3 is 0 Å². The topological polar surface area (TPSA) is 83.6 Å². The molecule has 0 aliphatic carbocycles. The summed E-state index contributed by atoms with van der Waals surface area (Å²) < 4.78 is 25.4. The Labute approximate surface area is 140 Å². The van der Waals surface area contributed by atoms with Gasteiger partial charge < -0.3 is 5.32 Å². The summed E-state index contributed by atoms with van der Waals surface area (Å²) in [5.74, 6) is -1.24. The van der Waals surface area contributed by atoms with E-state index in [-0.39, 0.29) is 10.5 Å². The first-order valence-corrected chi connectivity index (χ1v) is 8.92. The number of nitrogens with zero attached hydrogens (tertiary/aromatic N) is 1. The van der Waals surface area contributed by atoms with Gasteiger partial charge in [0.25, 0.3) is 15.9 Å². The van der Waals surface area contributed by atoms with E-state index >= 15 is 0 Å². The number of hydrogen-bond donors (Lipinski definition) is 1. The Hall–Kier alpha value is -2.67. The van der Waals surface area contributed by atoms with Gasteiger partial charge in [-0.05, 0) is 36.2 Å². The smallest absolute Gasteiger partial charge is 0.269 e. The highest BCUT2D eigenvalue weighted by Gasteiger charge is 2.41. The predicted octanol–water partition coefficient (Wildman–Crippen LogP) is 2.03. The van der Waals surface area contributed by atoms with E-state index in [9.17, 15) is 18.0 Å². The monoisotopic (exact) mass is 344 g/mol. The number of sulfonamides is 1. The molecule has 2 amide bonds. The van der Waals surface area contributed by atoms with Crippen LogP contribution in [0, 0.1) is 0 Å². The van der Waals surface area contributed by atoms with Crippen molar-refractivity contribution in [2.45, 2.75) is 18.2 Å². The van der Waals surface area contributed by atoms with Crippen molar-refractivity contribution in [3.05, 3.63) is 59.7 Å². The zero-order chi connectivity index (χ0) is 17.3. The lowest BCUT2D eigenvalue weighted by Crippen LogP contribution is -2.37. The summed E-state index contributed by atoms with van der Waals surface area (Å²) in [4.78, 5) is 24.4. The maximum Gasteiger partial charge on any atom is 0.269 e. The molecule has 1 aliphatic heterocycles. The third-order valence-electron chi connectivity index (χ3n) is 3.82. The van der Waals surface area contributed by atoms with Crippen LogP contribution in [-0.4, -0.2) is 31.1 Å². The maximum absolute atomic E-state index is 12.4. The quantitative estimate of drug-likeness (QED) is 0.920. The van der Waals surface area contributed by atoms with Gasteiger partial charge in [0, 0.05) is 5.69 Å². The van der Waals surface area contributed by atoms with E-state index in [1.807, 2.05) is 25.1 Å². The number of anilines is 1. The second kappa shape index (κ2) is 6.09. The molecule has 0 radical (unpaired) electrons. The second-order valence-electron chi connectivity index (χ2n) is 5.42. The van der Waals surface area contributed by atoms with Gasteiger partial charge in [-0.3, -0.25) is 9.59 Å².